The Hall–Kier alpha value is -4.75. The summed E-state index contributed by atoms with van der Waals surface area (Å²) in [4.78, 5) is 34.2. The van der Waals surface area contributed by atoms with E-state index in [1.807, 2.05) is 0 Å². The van der Waals surface area contributed by atoms with E-state index in [2.05, 4.69) is 24.9 Å². The molecule has 0 atom stereocenters. The molecule has 4 heterocycles. The molecule has 42 heavy (non-hydrogen) atoms. The van der Waals surface area contributed by atoms with E-state index in [0.29, 0.717) is 33.4 Å². The van der Waals surface area contributed by atoms with Crippen LogP contribution in [0.25, 0.3) is 33.8 Å². The van der Waals surface area contributed by atoms with Crippen LogP contribution in [0.15, 0.2) is 59.9 Å². The number of hydrogen-bond donors (Lipinski definition) is 0. The van der Waals surface area contributed by atoms with Gasteiger partial charge in [0.05, 0.1) is 12.2 Å². The van der Waals surface area contributed by atoms with E-state index in [1.54, 1.807) is 30.3 Å². The van der Waals surface area contributed by atoms with Crippen LogP contribution in [0.2, 0.25) is 0 Å². The number of imidazole rings is 1. The zero-order valence-corrected chi connectivity index (χ0v) is 22.0. The molecule has 0 amide bonds. The SMILES string of the molecule is Cn1cc(C(F)(F)F)nc1-c1ccc(Cn2c(=O)ccc3cnc(-c4c(OCC(F)F)ncnc4C4CC4)nc32)cc1. The first-order chi connectivity index (χ1) is 20.1. The lowest BCUT2D eigenvalue weighted by Crippen LogP contribution is -2.21. The number of fused-ring (bicyclic) bond motifs is 1. The van der Waals surface area contributed by atoms with Crippen LogP contribution in [0.3, 0.4) is 0 Å². The minimum absolute atomic E-state index is 0.0602. The highest BCUT2D eigenvalue weighted by atomic mass is 19.4. The van der Waals surface area contributed by atoms with Crippen molar-refractivity contribution in [3.63, 3.8) is 0 Å². The fraction of sp³-hybridized carbons (Fsp3) is 0.286. The molecule has 216 valence electrons. The Labute approximate surface area is 234 Å². The van der Waals surface area contributed by atoms with Crippen molar-refractivity contribution in [2.75, 3.05) is 6.61 Å². The molecule has 0 bridgehead atoms. The Morgan fingerprint density at radius 1 is 1.02 bits per heavy atom. The predicted molar refractivity (Wildman–Crippen MR) is 141 cm³/mol. The smallest absolute Gasteiger partial charge is 0.434 e. The number of nitrogens with zero attached hydrogens (tertiary/aromatic N) is 7. The minimum atomic E-state index is -4.56. The number of pyridine rings is 1. The third-order valence-electron chi connectivity index (χ3n) is 6.82. The van der Waals surface area contributed by atoms with Gasteiger partial charge in [-0.3, -0.25) is 9.36 Å². The Morgan fingerprint density at radius 3 is 2.45 bits per heavy atom. The number of rotatable bonds is 8. The van der Waals surface area contributed by atoms with Crippen molar-refractivity contribution in [1.29, 1.82) is 0 Å². The van der Waals surface area contributed by atoms with Gasteiger partial charge in [0.15, 0.2) is 18.1 Å². The van der Waals surface area contributed by atoms with Crippen LogP contribution in [0, 0.1) is 0 Å². The minimum Gasteiger partial charge on any atom is -0.471 e. The molecule has 1 aromatic carbocycles. The second-order valence-electron chi connectivity index (χ2n) is 9.90. The van der Waals surface area contributed by atoms with Crippen LogP contribution >= 0.6 is 0 Å². The lowest BCUT2D eigenvalue weighted by Gasteiger charge is -2.14. The summed E-state index contributed by atoms with van der Waals surface area (Å²) < 4.78 is 73.2. The number of hydrogen-bond acceptors (Lipinski definition) is 7. The molecule has 0 aliphatic heterocycles. The Kier molecular flexibility index (Phi) is 6.91. The molecule has 1 fully saturated rings. The van der Waals surface area contributed by atoms with Crippen LogP contribution in [0.1, 0.15) is 35.7 Å². The second kappa shape index (κ2) is 10.6. The molecule has 5 aromatic rings. The molecular weight excluding hydrogens is 561 g/mol. The van der Waals surface area contributed by atoms with Gasteiger partial charge in [-0.15, -0.1) is 0 Å². The molecule has 1 aliphatic rings. The second-order valence-corrected chi connectivity index (χ2v) is 9.90. The summed E-state index contributed by atoms with van der Waals surface area (Å²) in [5.74, 6) is 0.322. The quantitative estimate of drug-likeness (QED) is 0.231. The van der Waals surface area contributed by atoms with Gasteiger partial charge in [0, 0.05) is 42.4 Å². The molecule has 0 radical (unpaired) electrons. The first-order valence-corrected chi connectivity index (χ1v) is 12.9. The van der Waals surface area contributed by atoms with Crippen molar-refractivity contribution in [2.24, 2.45) is 7.05 Å². The van der Waals surface area contributed by atoms with Gasteiger partial charge in [-0.1, -0.05) is 24.3 Å². The van der Waals surface area contributed by atoms with Crippen molar-refractivity contribution >= 4 is 11.0 Å². The highest BCUT2D eigenvalue weighted by Crippen LogP contribution is 2.45. The Balaban J connectivity index is 1.37. The lowest BCUT2D eigenvalue weighted by atomic mass is 10.1. The fourth-order valence-electron chi connectivity index (χ4n) is 4.67. The maximum atomic E-state index is 13.1. The number of halogens is 5. The highest BCUT2D eigenvalue weighted by Gasteiger charge is 2.35. The van der Waals surface area contributed by atoms with E-state index >= 15 is 0 Å². The molecule has 6 rings (SSSR count). The average molecular weight is 584 g/mol. The molecule has 4 aromatic heterocycles. The number of ether oxygens (including phenoxy) is 1. The van der Waals surface area contributed by atoms with Crippen LogP contribution in [-0.4, -0.2) is 47.1 Å². The van der Waals surface area contributed by atoms with Crippen molar-refractivity contribution in [3.8, 4) is 28.7 Å². The first kappa shape index (κ1) is 27.4. The van der Waals surface area contributed by atoms with E-state index < -0.39 is 24.9 Å². The lowest BCUT2D eigenvalue weighted by molar-refractivity contribution is -0.140. The van der Waals surface area contributed by atoms with Gasteiger partial charge in [-0.25, -0.2) is 33.7 Å². The van der Waals surface area contributed by atoms with Crippen molar-refractivity contribution in [3.05, 3.63) is 82.4 Å². The Bertz CT molecular complexity index is 1830. The van der Waals surface area contributed by atoms with Gasteiger partial charge < -0.3 is 9.30 Å². The van der Waals surface area contributed by atoms with E-state index in [0.717, 1.165) is 19.0 Å². The summed E-state index contributed by atoms with van der Waals surface area (Å²) in [7, 11) is 1.48. The zero-order chi connectivity index (χ0) is 29.6. The number of alkyl halides is 5. The van der Waals surface area contributed by atoms with Gasteiger partial charge in [-0.2, -0.15) is 13.2 Å². The molecule has 0 saturated heterocycles. The van der Waals surface area contributed by atoms with Crippen LogP contribution in [0.4, 0.5) is 22.0 Å². The van der Waals surface area contributed by atoms with Gasteiger partial charge >= 0.3 is 6.18 Å². The third kappa shape index (κ3) is 5.43. The molecule has 0 N–H and O–H groups in total. The predicted octanol–water partition coefficient (Wildman–Crippen LogP) is 5.24. The van der Waals surface area contributed by atoms with Gasteiger partial charge in [0.2, 0.25) is 5.88 Å². The molecule has 9 nitrogen and oxygen atoms in total. The van der Waals surface area contributed by atoms with Crippen LogP contribution in [0.5, 0.6) is 5.88 Å². The maximum Gasteiger partial charge on any atom is 0.434 e. The number of aryl methyl sites for hydroxylation is 1. The topological polar surface area (TPSA) is 101 Å². The molecule has 0 spiro atoms. The summed E-state index contributed by atoms with van der Waals surface area (Å²) in [5, 5.41) is 0.558. The Morgan fingerprint density at radius 2 is 1.79 bits per heavy atom. The van der Waals surface area contributed by atoms with Crippen molar-refractivity contribution in [1.82, 2.24) is 34.1 Å². The average Bonchev–Trinajstić information content (AvgIpc) is 3.73. The highest BCUT2D eigenvalue weighted by molar-refractivity contribution is 5.78. The summed E-state index contributed by atoms with van der Waals surface area (Å²) >= 11 is 0. The van der Waals surface area contributed by atoms with Gasteiger partial charge in [0.25, 0.3) is 12.0 Å². The van der Waals surface area contributed by atoms with E-state index in [9.17, 15) is 26.7 Å². The van der Waals surface area contributed by atoms with Gasteiger partial charge in [-0.05, 0) is 24.5 Å². The number of aromatic nitrogens is 7. The summed E-state index contributed by atoms with van der Waals surface area (Å²) in [5.41, 5.74) is 1.01. The summed E-state index contributed by atoms with van der Waals surface area (Å²) in [6.07, 6.45) is -1.84. The number of benzene rings is 1. The molecule has 1 saturated carbocycles. The largest absolute Gasteiger partial charge is 0.471 e. The van der Waals surface area contributed by atoms with Crippen molar-refractivity contribution < 1.29 is 26.7 Å². The maximum absolute atomic E-state index is 13.1. The van der Waals surface area contributed by atoms with E-state index in [1.165, 1.54) is 34.8 Å². The van der Waals surface area contributed by atoms with Crippen molar-refractivity contribution in [2.45, 2.75) is 37.9 Å². The van der Waals surface area contributed by atoms with E-state index in [4.69, 9.17) is 4.74 Å². The van der Waals surface area contributed by atoms with Crippen LogP contribution < -0.4 is 10.3 Å². The standard InChI is InChI=1S/C28H22F5N7O2/c1-39-12-19(28(31,32)33)37-25(39)17-4-2-15(3-5-17)11-40-21(41)9-8-18-10-34-24(38-26(18)40)22-23(16-6-7-16)35-14-36-27(22)42-13-20(29)30/h2-5,8-10,12,14,16,20H,6-7,11,13H2,1H3. The third-order valence-corrected chi connectivity index (χ3v) is 6.82. The monoisotopic (exact) mass is 583 g/mol. The summed E-state index contributed by atoms with van der Waals surface area (Å²) in [6.45, 7) is -0.769. The van der Waals surface area contributed by atoms with Crippen LogP contribution in [-0.2, 0) is 19.8 Å². The normalized spacial score (nSPS) is 13.7. The molecular formula is C28H22F5N7O2. The molecule has 1 aliphatic carbocycles. The molecule has 14 heteroatoms. The zero-order valence-electron chi connectivity index (χ0n) is 22.0. The fourth-order valence-corrected chi connectivity index (χ4v) is 4.67. The van der Waals surface area contributed by atoms with E-state index in [-0.39, 0.29) is 35.6 Å². The molecule has 0 unspecified atom stereocenters. The first-order valence-electron chi connectivity index (χ1n) is 12.9. The van der Waals surface area contributed by atoms with Gasteiger partial charge in [0.1, 0.15) is 23.4 Å². The summed E-state index contributed by atoms with van der Waals surface area (Å²) in [6, 6.07) is 9.60.